The van der Waals surface area contributed by atoms with Gasteiger partial charge in [-0.25, -0.2) is 0 Å². The minimum atomic E-state index is -0.137. The molecule has 0 saturated carbocycles. The van der Waals surface area contributed by atoms with Crippen LogP contribution in [0.4, 0.5) is 0 Å². The fourth-order valence-electron chi connectivity index (χ4n) is 2.19. The fourth-order valence-corrected chi connectivity index (χ4v) is 2.19. The summed E-state index contributed by atoms with van der Waals surface area (Å²) < 4.78 is 11.2. The molecule has 1 atom stereocenters. The molecule has 2 rings (SSSR count). The molecule has 1 heterocycles. The van der Waals surface area contributed by atoms with Crippen LogP contribution in [-0.4, -0.2) is 12.5 Å². The molecular weight excluding hydrogens is 278 g/mol. The molecule has 4 heteroatoms. The summed E-state index contributed by atoms with van der Waals surface area (Å²) in [5.74, 6) is 2.39. The second-order valence-electron chi connectivity index (χ2n) is 5.61. The number of hydrogen-bond acceptors (Lipinski definition) is 3. The van der Waals surface area contributed by atoms with Crippen LogP contribution >= 0.6 is 0 Å². The Kier molecular flexibility index (Phi) is 5.26. The highest BCUT2D eigenvalue weighted by Crippen LogP contribution is 2.19. The molecule has 118 valence electrons. The van der Waals surface area contributed by atoms with Crippen LogP contribution < -0.4 is 10.1 Å². The third-order valence-corrected chi connectivity index (χ3v) is 3.50. The third kappa shape index (κ3) is 4.38. The maximum Gasteiger partial charge on any atom is 0.224 e. The Morgan fingerprint density at radius 1 is 1.23 bits per heavy atom. The first-order valence-electron chi connectivity index (χ1n) is 7.51. The van der Waals surface area contributed by atoms with E-state index < -0.39 is 0 Å². The lowest BCUT2D eigenvalue weighted by Gasteiger charge is -2.13. The zero-order valence-corrected chi connectivity index (χ0v) is 13.6. The molecule has 0 spiro atoms. The zero-order valence-electron chi connectivity index (χ0n) is 13.6. The number of nitrogens with one attached hydrogen (secondary N) is 1. The summed E-state index contributed by atoms with van der Waals surface area (Å²) in [5.41, 5.74) is 2.22. The van der Waals surface area contributed by atoms with Gasteiger partial charge in [0.05, 0.1) is 19.1 Å². The van der Waals surface area contributed by atoms with Crippen molar-refractivity contribution in [2.24, 2.45) is 0 Å². The summed E-state index contributed by atoms with van der Waals surface area (Å²) in [6.45, 7) is 8.17. The van der Waals surface area contributed by atoms with Crippen molar-refractivity contribution in [1.82, 2.24) is 5.32 Å². The number of aryl methyl sites for hydroxylation is 3. The molecule has 0 aliphatic carbocycles. The number of ether oxygens (including phenoxy) is 1. The summed E-state index contributed by atoms with van der Waals surface area (Å²) in [6, 6.07) is 9.69. The van der Waals surface area contributed by atoms with E-state index >= 15 is 0 Å². The van der Waals surface area contributed by atoms with Gasteiger partial charge in [-0.05, 0) is 57.0 Å². The van der Waals surface area contributed by atoms with Gasteiger partial charge in [-0.15, -0.1) is 0 Å². The highest BCUT2D eigenvalue weighted by atomic mass is 16.5. The predicted octanol–water partition coefficient (Wildman–Crippen LogP) is 3.85. The molecule has 1 unspecified atom stereocenters. The van der Waals surface area contributed by atoms with Gasteiger partial charge in [0.25, 0.3) is 0 Å². The number of hydrogen-bond donors (Lipinski definition) is 1. The topological polar surface area (TPSA) is 51.5 Å². The first-order valence-corrected chi connectivity index (χ1v) is 7.51. The van der Waals surface area contributed by atoms with E-state index in [4.69, 9.17) is 9.15 Å². The van der Waals surface area contributed by atoms with Gasteiger partial charge in [0, 0.05) is 0 Å². The SMILES string of the molecule is Cc1ccc(C)c(OCCC(=O)NC(C)c2ccc(C)o2)c1. The molecule has 1 N–H and O–H groups in total. The number of amides is 1. The Hall–Kier alpha value is -2.23. The molecule has 0 saturated heterocycles. The van der Waals surface area contributed by atoms with E-state index in [2.05, 4.69) is 5.32 Å². The van der Waals surface area contributed by atoms with Crippen LogP contribution in [-0.2, 0) is 4.79 Å². The van der Waals surface area contributed by atoms with Crippen molar-refractivity contribution in [3.63, 3.8) is 0 Å². The molecule has 1 aromatic carbocycles. The first-order chi connectivity index (χ1) is 10.5. The van der Waals surface area contributed by atoms with Crippen LogP contribution in [0.2, 0.25) is 0 Å². The van der Waals surface area contributed by atoms with Gasteiger partial charge in [0.2, 0.25) is 5.91 Å². The summed E-state index contributed by atoms with van der Waals surface area (Å²) in [5, 5.41) is 2.91. The minimum absolute atomic E-state index is 0.0492. The van der Waals surface area contributed by atoms with Crippen molar-refractivity contribution in [3.8, 4) is 5.75 Å². The van der Waals surface area contributed by atoms with Crippen molar-refractivity contribution >= 4 is 5.91 Å². The fraction of sp³-hybridized carbons (Fsp3) is 0.389. The van der Waals surface area contributed by atoms with E-state index in [1.54, 1.807) is 0 Å². The standard InChI is InChI=1S/C18H23NO3/c1-12-5-6-13(2)17(11-12)21-10-9-18(20)19-15(4)16-8-7-14(3)22-16/h5-8,11,15H,9-10H2,1-4H3,(H,19,20). The predicted molar refractivity (Wildman–Crippen MR) is 86.0 cm³/mol. The summed E-state index contributed by atoms with van der Waals surface area (Å²) in [6.07, 6.45) is 0.317. The molecule has 1 amide bonds. The molecule has 22 heavy (non-hydrogen) atoms. The van der Waals surface area contributed by atoms with Crippen LogP contribution in [0.3, 0.4) is 0 Å². The van der Waals surface area contributed by atoms with E-state index in [9.17, 15) is 4.79 Å². The van der Waals surface area contributed by atoms with Gasteiger partial charge in [0.15, 0.2) is 0 Å². The second-order valence-corrected chi connectivity index (χ2v) is 5.61. The van der Waals surface area contributed by atoms with Crippen LogP contribution in [0.25, 0.3) is 0 Å². The Morgan fingerprint density at radius 2 is 2.00 bits per heavy atom. The molecule has 2 aromatic rings. The maximum absolute atomic E-state index is 11.9. The molecule has 0 aliphatic rings. The lowest BCUT2D eigenvalue weighted by Crippen LogP contribution is -2.27. The van der Waals surface area contributed by atoms with Gasteiger partial charge >= 0.3 is 0 Å². The lowest BCUT2D eigenvalue weighted by molar-refractivity contribution is -0.122. The number of carbonyl (C=O) groups excluding carboxylic acids is 1. The number of furan rings is 1. The number of rotatable bonds is 6. The van der Waals surface area contributed by atoms with Crippen LogP contribution in [0.5, 0.6) is 5.75 Å². The molecule has 0 radical (unpaired) electrons. The van der Waals surface area contributed by atoms with Crippen LogP contribution in [0.1, 0.15) is 42.0 Å². The third-order valence-electron chi connectivity index (χ3n) is 3.50. The van der Waals surface area contributed by atoms with Gasteiger partial charge < -0.3 is 14.5 Å². The average molecular weight is 301 g/mol. The van der Waals surface area contributed by atoms with Gasteiger partial charge in [0.1, 0.15) is 17.3 Å². The Morgan fingerprint density at radius 3 is 2.68 bits per heavy atom. The Labute approximate surface area is 131 Å². The normalized spacial score (nSPS) is 12.0. The zero-order chi connectivity index (χ0) is 16.1. The summed E-state index contributed by atoms with van der Waals surface area (Å²) >= 11 is 0. The molecule has 0 fully saturated rings. The number of benzene rings is 1. The smallest absolute Gasteiger partial charge is 0.224 e. The van der Waals surface area contributed by atoms with E-state index in [0.717, 1.165) is 28.4 Å². The van der Waals surface area contributed by atoms with Gasteiger partial charge in [-0.1, -0.05) is 12.1 Å². The highest BCUT2D eigenvalue weighted by molar-refractivity contribution is 5.76. The van der Waals surface area contributed by atoms with Crippen LogP contribution in [0.15, 0.2) is 34.7 Å². The van der Waals surface area contributed by atoms with E-state index in [0.29, 0.717) is 13.0 Å². The Balaban J connectivity index is 1.79. The van der Waals surface area contributed by atoms with E-state index in [1.165, 1.54) is 0 Å². The quantitative estimate of drug-likeness (QED) is 0.881. The van der Waals surface area contributed by atoms with Crippen molar-refractivity contribution in [3.05, 3.63) is 53.0 Å². The van der Waals surface area contributed by atoms with Crippen molar-refractivity contribution < 1.29 is 13.9 Å². The van der Waals surface area contributed by atoms with Gasteiger partial charge in [-0.2, -0.15) is 0 Å². The first kappa shape index (κ1) is 16.1. The van der Waals surface area contributed by atoms with E-state index in [-0.39, 0.29) is 11.9 Å². The highest BCUT2D eigenvalue weighted by Gasteiger charge is 2.12. The van der Waals surface area contributed by atoms with Crippen molar-refractivity contribution in [2.45, 2.75) is 40.2 Å². The second kappa shape index (κ2) is 7.16. The molecule has 0 aliphatic heterocycles. The number of carbonyl (C=O) groups is 1. The molecule has 4 nitrogen and oxygen atoms in total. The maximum atomic E-state index is 11.9. The monoisotopic (exact) mass is 301 g/mol. The summed E-state index contributed by atoms with van der Waals surface area (Å²) in [4.78, 5) is 11.9. The van der Waals surface area contributed by atoms with Crippen molar-refractivity contribution in [1.29, 1.82) is 0 Å². The van der Waals surface area contributed by atoms with Crippen LogP contribution in [0, 0.1) is 20.8 Å². The summed E-state index contributed by atoms with van der Waals surface area (Å²) in [7, 11) is 0. The molecule has 0 bridgehead atoms. The Bertz CT molecular complexity index is 646. The minimum Gasteiger partial charge on any atom is -0.493 e. The molecule has 1 aromatic heterocycles. The van der Waals surface area contributed by atoms with E-state index in [1.807, 2.05) is 58.0 Å². The molecular formula is C18H23NO3. The largest absolute Gasteiger partial charge is 0.493 e. The van der Waals surface area contributed by atoms with Crippen molar-refractivity contribution in [2.75, 3.05) is 6.61 Å². The average Bonchev–Trinajstić information content (AvgIpc) is 2.89. The van der Waals surface area contributed by atoms with Gasteiger partial charge in [-0.3, -0.25) is 4.79 Å². The lowest BCUT2D eigenvalue weighted by atomic mass is 10.1.